The molecule has 2 rings (SSSR count). The minimum atomic E-state index is -0.350. The molecule has 104 valence electrons. The topological polar surface area (TPSA) is 42.4 Å². The lowest BCUT2D eigenvalue weighted by Gasteiger charge is -2.47. The molecule has 0 atom stereocenters. The van der Waals surface area contributed by atoms with Gasteiger partial charge in [0.05, 0.1) is 16.8 Å². The first-order valence-corrected chi connectivity index (χ1v) is 6.67. The summed E-state index contributed by atoms with van der Waals surface area (Å²) < 4.78 is 5.97. The smallest absolute Gasteiger partial charge is 0.255 e. The maximum absolute atomic E-state index is 12.5. The van der Waals surface area contributed by atoms with Crippen molar-refractivity contribution in [2.24, 2.45) is 0 Å². The number of aromatic nitrogens is 1. The Morgan fingerprint density at radius 2 is 1.84 bits per heavy atom. The van der Waals surface area contributed by atoms with E-state index in [0.29, 0.717) is 23.8 Å². The molecule has 1 aromatic rings. The summed E-state index contributed by atoms with van der Waals surface area (Å²) in [5.41, 5.74) is -0.146. The Morgan fingerprint density at radius 1 is 1.26 bits per heavy atom. The summed E-state index contributed by atoms with van der Waals surface area (Å²) >= 11 is 5.74. The zero-order valence-electron chi connectivity index (χ0n) is 11.7. The maximum atomic E-state index is 12.5. The van der Waals surface area contributed by atoms with Crippen molar-refractivity contribution in [2.45, 2.75) is 38.9 Å². The van der Waals surface area contributed by atoms with E-state index in [2.05, 4.69) is 4.98 Å². The lowest BCUT2D eigenvalue weighted by Crippen LogP contribution is -2.58. The average Bonchev–Trinajstić information content (AvgIpc) is 2.25. The molecule has 0 aromatic carbocycles. The number of amides is 1. The molecule has 0 saturated carbocycles. The highest BCUT2D eigenvalue weighted by atomic mass is 35.5. The first-order valence-electron chi connectivity index (χ1n) is 6.30. The summed E-state index contributed by atoms with van der Waals surface area (Å²) in [5, 5.41) is 0.388. The first-order chi connectivity index (χ1) is 8.69. The Kier molecular flexibility index (Phi) is 3.58. The van der Waals surface area contributed by atoms with Gasteiger partial charge in [-0.1, -0.05) is 11.6 Å². The Morgan fingerprint density at radius 3 is 2.32 bits per heavy atom. The molecule has 1 aromatic heterocycles. The fourth-order valence-corrected chi connectivity index (χ4v) is 2.73. The second-order valence-corrected chi connectivity index (χ2v) is 6.54. The molecule has 2 heterocycles. The fraction of sp³-hybridized carbons (Fsp3) is 0.571. The molecule has 1 aliphatic rings. The summed E-state index contributed by atoms with van der Waals surface area (Å²) in [5.74, 6) is -0.0337. The van der Waals surface area contributed by atoms with Crippen molar-refractivity contribution < 1.29 is 9.53 Å². The number of rotatable bonds is 1. The number of morpholine rings is 1. The van der Waals surface area contributed by atoms with Crippen LogP contribution in [0.5, 0.6) is 0 Å². The number of carbonyl (C=O) groups is 1. The number of hydrogen-bond acceptors (Lipinski definition) is 3. The summed E-state index contributed by atoms with van der Waals surface area (Å²) in [6.07, 6.45) is 1.51. The second-order valence-electron chi connectivity index (χ2n) is 6.15. The van der Waals surface area contributed by atoms with Crippen LogP contribution in [0.2, 0.25) is 5.15 Å². The van der Waals surface area contributed by atoms with Gasteiger partial charge in [0.2, 0.25) is 0 Å². The number of ether oxygens (including phenoxy) is 1. The third-order valence-electron chi connectivity index (χ3n) is 2.96. The third kappa shape index (κ3) is 3.45. The van der Waals surface area contributed by atoms with Crippen molar-refractivity contribution in [3.63, 3.8) is 0 Å². The standard InChI is InChI=1S/C14H19ClN2O2/c1-13(2)8-17(9-14(3,4)19-13)12(18)10-5-6-11(15)16-7-10/h5-7H,8-9H2,1-4H3. The number of nitrogens with zero attached hydrogens (tertiary/aromatic N) is 2. The summed E-state index contributed by atoms with van der Waals surface area (Å²) in [6, 6.07) is 3.33. The minimum absolute atomic E-state index is 0.0337. The molecule has 5 heteroatoms. The van der Waals surface area contributed by atoms with Crippen molar-refractivity contribution in [3.8, 4) is 0 Å². The molecule has 4 nitrogen and oxygen atoms in total. The van der Waals surface area contributed by atoms with Crippen LogP contribution in [0.1, 0.15) is 38.1 Å². The molecule has 0 spiro atoms. The van der Waals surface area contributed by atoms with Crippen LogP contribution in [0, 0.1) is 0 Å². The summed E-state index contributed by atoms with van der Waals surface area (Å²) in [4.78, 5) is 18.2. The van der Waals surface area contributed by atoms with Crippen LogP contribution in [-0.4, -0.2) is 40.1 Å². The SMILES string of the molecule is CC1(C)CN(C(=O)c2ccc(Cl)nc2)CC(C)(C)O1. The molecule has 19 heavy (non-hydrogen) atoms. The first kappa shape index (κ1) is 14.3. The van der Waals surface area contributed by atoms with E-state index in [9.17, 15) is 4.79 Å². The van der Waals surface area contributed by atoms with Gasteiger partial charge in [0.15, 0.2) is 0 Å². The van der Waals surface area contributed by atoms with Crippen LogP contribution in [0.25, 0.3) is 0 Å². The predicted molar refractivity (Wildman–Crippen MR) is 74.4 cm³/mol. The van der Waals surface area contributed by atoms with Gasteiger partial charge in [0, 0.05) is 19.3 Å². The molecule has 0 unspecified atom stereocenters. The lowest BCUT2D eigenvalue weighted by atomic mass is 9.98. The number of pyridine rings is 1. The van der Waals surface area contributed by atoms with E-state index < -0.39 is 0 Å². The lowest BCUT2D eigenvalue weighted by molar-refractivity contribution is -0.171. The van der Waals surface area contributed by atoms with Gasteiger partial charge in [-0.3, -0.25) is 4.79 Å². The predicted octanol–water partition coefficient (Wildman–Crippen LogP) is 2.76. The van der Waals surface area contributed by atoms with E-state index >= 15 is 0 Å². The van der Waals surface area contributed by atoms with Crippen molar-refractivity contribution in [1.82, 2.24) is 9.88 Å². The Labute approximate surface area is 118 Å². The number of carbonyl (C=O) groups excluding carboxylic acids is 1. The van der Waals surface area contributed by atoms with Crippen molar-refractivity contribution in [3.05, 3.63) is 29.0 Å². The highest BCUT2D eigenvalue weighted by Gasteiger charge is 2.40. The quantitative estimate of drug-likeness (QED) is 0.744. The summed E-state index contributed by atoms with van der Waals surface area (Å²) in [6.45, 7) is 9.11. The van der Waals surface area contributed by atoms with Gasteiger partial charge in [-0.2, -0.15) is 0 Å². The van der Waals surface area contributed by atoms with E-state index in [1.54, 1.807) is 12.1 Å². The Hall–Kier alpha value is -1.13. The highest BCUT2D eigenvalue weighted by molar-refractivity contribution is 6.29. The van der Waals surface area contributed by atoms with E-state index in [4.69, 9.17) is 16.3 Å². The van der Waals surface area contributed by atoms with E-state index in [1.807, 2.05) is 32.6 Å². The van der Waals surface area contributed by atoms with Gasteiger partial charge in [-0.25, -0.2) is 4.98 Å². The van der Waals surface area contributed by atoms with Crippen LogP contribution in [0.3, 0.4) is 0 Å². The third-order valence-corrected chi connectivity index (χ3v) is 3.18. The second kappa shape index (κ2) is 4.76. The van der Waals surface area contributed by atoms with Crippen molar-refractivity contribution in [1.29, 1.82) is 0 Å². The highest BCUT2D eigenvalue weighted by Crippen LogP contribution is 2.28. The minimum Gasteiger partial charge on any atom is -0.366 e. The molecule has 1 amide bonds. The average molecular weight is 283 g/mol. The zero-order valence-corrected chi connectivity index (χ0v) is 12.5. The van der Waals surface area contributed by atoms with Crippen LogP contribution < -0.4 is 0 Å². The number of halogens is 1. The Bertz CT molecular complexity index is 467. The van der Waals surface area contributed by atoms with Crippen molar-refractivity contribution >= 4 is 17.5 Å². The maximum Gasteiger partial charge on any atom is 0.255 e. The van der Waals surface area contributed by atoms with Crippen molar-refractivity contribution in [2.75, 3.05) is 13.1 Å². The van der Waals surface area contributed by atoms with Crippen LogP contribution in [0.15, 0.2) is 18.3 Å². The molecule has 0 aliphatic carbocycles. The van der Waals surface area contributed by atoms with Gasteiger partial charge in [-0.05, 0) is 39.8 Å². The normalized spacial score (nSPS) is 21.2. The fourth-order valence-electron chi connectivity index (χ4n) is 2.62. The number of hydrogen-bond donors (Lipinski definition) is 0. The van der Waals surface area contributed by atoms with E-state index in [-0.39, 0.29) is 17.1 Å². The molecule has 0 bridgehead atoms. The van der Waals surface area contributed by atoms with Gasteiger partial charge in [0.1, 0.15) is 5.15 Å². The van der Waals surface area contributed by atoms with Crippen LogP contribution in [-0.2, 0) is 4.74 Å². The van der Waals surface area contributed by atoms with Gasteiger partial charge < -0.3 is 9.64 Å². The molecular formula is C14H19ClN2O2. The van der Waals surface area contributed by atoms with Gasteiger partial charge >= 0.3 is 0 Å². The van der Waals surface area contributed by atoms with Gasteiger partial charge in [0.25, 0.3) is 5.91 Å². The van der Waals surface area contributed by atoms with Crippen LogP contribution >= 0.6 is 11.6 Å². The molecule has 1 aliphatic heterocycles. The van der Waals surface area contributed by atoms with Gasteiger partial charge in [-0.15, -0.1) is 0 Å². The molecule has 1 fully saturated rings. The zero-order chi connectivity index (χ0) is 14.3. The molecular weight excluding hydrogens is 264 g/mol. The largest absolute Gasteiger partial charge is 0.366 e. The molecule has 0 N–H and O–H groups in total. The Balaban J connectivity index is 2.21. The molecule has 0 radical (unpaired) electrons. The van der Waals surface area contributed by atoms with Crippen LogP contribution in [0.4, 0.5) is 0 Å². The monoisotopic (exact) mass is 282 g/mol. The summed E-state index contributed by atoms with van der Waals surface area (Å²) in [7, 11) is 0. The van der Waals surface area contributed by atoms with E-state index in [1.165, 1.54) is 6.20 Å². The van der Waals surface area contributed by atoms with E-state index in [0.717, 1.165) is 0 Å². The molecule has 1 saturated heterocycles.